The molecule has 92 valence electrons. The second kappa shape index (κ2) is 5.41. The Morgan fingerprint density at radius 2 is 1.38 bits per heavy atom. The summed E-state index contributed by atoms with van der Waals surface area (Å²) < 4.78 is 103. The number of rotatable bonds is 4. The zero-order valence-corrected chi connectivity index (χ0v) is 12.0. The molecule has 0 aromatic heterocycles. The van der Waals surface area contributed by atoms with Crippen LogP contribution >= 0.6 is 0 Å². The third kappa shape index (κ3) is 3.12. The molecule has 0 unspecified atom stereocenters. The van der Waals surface area contributed by atoms with Crippen LogP contribution in [-0.2, 0) is 10.1 Å². The summed E-state index contributed by atoms with van der Waals surface area (Å²) in [7, 11) is -6.87. The van der Waals surface area contributed by atoms with Crippen LogP contribution in [0.1, 0.15) is 13.3 Å². The molecule has 11 heteroatoms. The molecule has 0 aromatic rings. The first kappa shape index (κ1) is 19.5. The van der Waals surface area contributed by atoms with Gasteiger partial charge in [0.05, 0.1) is 0 Å². The topological polar surface area (TPSA) is 57.2 Å². The maximum absolute atomic E-state index is 12.4. The largest absolute Gasteiger partial charge is 1.00 e. The molecule has 0 aliphatic rings. The van der Waals surface area contributed by atoms with Gasteiger partial charge in [-0.1, -0.05) is 6.92 Å². The standard InChI is InChI=1S/C5H6F6O3S.K/c1-2-3(6,7)4(8,9)5(10,11)15(12,13)14;/h2H2,1H3,(H,12,13,14);/q;+1/p-1. The van der Waals surface area contributed by atoms with Gasteiger partial charge in [-0.2, -0.15) is 26.3 Å². The molecule has 0 heterocycles. The molecule has 0 amide bonds. The number of hydrogen-bond donors (Lipinski definition) is 0. The maximum atomic E-state index is 12.4. The molecular weight excluding hydrogens is 293 g/mol. The van der Waals surface area contributed by atoms with Gasteiger partial charge >= 0.3 is 68.5 Å². The van der Waals surface area contributed by atoms with Crippen LogP contribution in [0.25, 0.3) is 0 Å². The molecule has 0 fully saturated rings. The van der Waals surface area contributed by atoms with Gasteiger partial charge in [-0.25, -0.2) is 8.42 Å². The summed E-state index contributed by atoms with van der Waals surface area (Å²) in [5, 5.41) is -6.35. The zero-order chi connectivity index (χ0) is 12.7. The van der Waals surface area contributed by atoms with Gasteiger partial charge in [-0.05, 0) is 0 Å². The minimum Gasteiger partial charge on any atom is -0.743 e. The van der Waals surface area contributed by atoms with E-state index in [-0.39, 0.29) is 51.4 Å². The van der Waals surface area contributed by atoms with Crippen LogP contribution in [0.15, 0.2) is 0 Å². The summed E-state index contributed by atoms with van der Waals surface area (Å²) in [6, 6.07) is 0. The zero-order valence-electron chi connectivity index (χ0n) is 8.11. The van der Waals surface area contributed by atoms with E-state index in [9.17, 15) is 39.3 Å². The van der Waals surface area contributed by atoms with Crippen molar-refractivity contribution in [2.24, 2.45) is 0 Å². The Labute approximate surface area is 130 Å². The second-order valence-electron chi connectivity index (χ2n) is 2.60. The van der Waals surface area contributed by atoms with E-state index in [1.165, 1.54) is 0 Å². The van der Waals surface area contributed by atoms with Crippen LogP contribution in [0.4, 0.5) is 26.3 Å². The van der Waals surface area contributed by atoms with Gasteiger partial charge in [0.25, 0.3) is 0 Å². The molecule has 0 rings (SSSR count). The molecule has 0 aliphatic carbocycles. The molecule has 0 radical (unpaired) electrons. The smallest absolute Gasteiger partial charge is 0.743 e. The maximum Gasteiger partial charge on any atom is 1.00 e. The minimum atomic E-state index is -6.87. The van der Waals surface area contributed by atoms with E-state index in [0.29, 0.717) is 6.92 Å². The Balaban J connectivity index is 0. The van der Waals surface area contributed by atoms with Crippen molar-refractivity contribution >= 4 is 10.1 Å². The van der Waals surface area contributed by atoms with Crippen molar-refractivity contribution in [2.45, 2.75) is 30.4 Å². The van der Waals surface area contributed by atoms with E-state index in [1.807, 2.05) is 0 Å². The predicted octanol–water partition coefficient (Wildman–Crippen LogP) is -1.19. The normalized spacial score (nSPS) is 14.5. The van der Waals surface area contributed by atoms with E-state index >= 15 is 0 Å². The quantitative estimate of drug-likeness (QED) is 0.372. The fraction of sp³-hybridized carbons (Fsp3) is 1.00. The Bertz CT molecular complexity index is 340. The number of alkyl halides is 6. The Kier molecular flexibility index (Phi) is 6.58. The summed E-state index contributed by atoms with van der Waals surface area (Å²) in [5.74, 6) is -11.5. The SMILES string of the molecule is CCC(F)(F)C(F)(F)C(F)(F)S(=O)(=O)[O-].[K+]. The van der Waals surface area contributed by atoms with Crippen LogP contribution < -0.4 is 51.4 Å². The van der Waals surface area contributed by atoms with E-state index in [0.717, 1.165) is 0 Å². The van der Waals surface area contributed by atoms with E-state index in [1.54, 1.807) is 0 Å². The number of hydrogen-bond acceptors (Lipinski definition) is 3. The van der Waals surface area contributed by atoms with Gasteiger partial charge in [0.2, 0.25) is 0 Å². The van der Waals surface area contributed by atoms with Crippen LogP contribution in [0, 0.1) is 0 Å². The Morgan fingerprint density at radius 3 is 1.56 bits per heavy atom. The average molecular weight is 298 g/mol. The second-order valence-corrected chi connectivity index (χ2v) is 4.02. The van der Waals surface area contributed by atoms with Gasteiger partial charge < -0.3 is 4.55 Å². The molecule has 0 N–H and O–H groups in total. The molecule has 16 heavy (non-hydrogen) atoms. The molecule has 0 saturated carbocycles. The van der Waals surface area contributed by atoms with Crippen molar-refractivity contribution in [2.75, 3.05) is 0 Å². The van der Waals surface area contributed by atoms with E-state index < -0.39 is 33.6 Å². The minimum absolute atomic E-state index is 0. The summed E-state index contributed by atoms with van der Waals surface area (Å²) in [6.45, 7) is 0.446. The van der Waals surface area contributed by atoms with Crippen LogP contribution in [0.5, 0.6) is 0 Å². The molecule has 3 nitrogen and oxygen atoms in total. The molecule has 0 spiro atoms. The first-order valence-electron chi connectivity index (χ1n) is 3.40. The number of halogens is 6. The first-order chi connectivity index (χ1) is 6.31. The Hall–Kier alpha value is 1.13. The van der Waals surface area contributed by atoms with E-state index in [2.05, 4.69) is 0 Å². The van der Waals surface area contributed by atoms with Crippen molar-refractivity contribution < 1.29 is 90.7 Å². The van der Waals surface area contributed by atoms with Crippen molar-refractivity contribution in [3.05, 3.63) is 0 Å². The monoisotopic (exact) mass is 298 g/mol. The summed E-state index contributed by atoms with van der Waals surface area (Å²) in [5.41, 5.74) is 0. The predicted molar refractivity (Wildman–Crippen MR) is 34.8 cm³/mol. The van der Waals surface area contributed by atoms with Crippen LogP contribution in [0.2, 0.25) is 0 Å². The summed E-state index contributed by atoms with van der Waals surface area (Å²) in [4.78, 5) is 0. The van der Waals surface area contributed by atoms with Gasteiger partial charge in [0.1, 0.15) is 0 Å². The van der Waals surface area contributed by atoms with Crippen LogP contribution in [0.3, 0.4) is 0 Å². The average Bonchev–Trinajstić information content (AvgIpc) is 2.01. The fourth-order valence-corrected chi connectivity index (χ4v) is 1.06. The van der Waals surface area contributed by atoms with Crippen LogP contribution in [-0.4, -0.2) is 30.1 Å². The molecule has 0 atom stereocenters. The van der Waals surface area contributed by atoms with Crippen molar-refractivity contribution in [1.29, 1.82) is 0 Å². The molecule has 0 aromatic carbocycles. The van der Waals surface area contributed by atoms with Crippen molar-refractivity contribution in [3.8, 4) is 0 Å². The van der Waals surface area contributed by atoms with Crippen molar-refractivity contribution in [3.63, 3.8) is 0 Å². The summed E-state index contributed by atoms with van der Waals surface area (Å²) in [6.07, 6.45) is -1.73. The van der Waals surface area contributed by atoms with Gasteiger partial charge in [-0.3, -0.25) is 0 Å². The third-order valence-electron chi connectivity index (χ3n) is 1.58. The first-order valence-corrected chi connectivity index (χ1v) is 4.81. The van der Waals surface area contributed by atoms with Crippen molar-refractivity contribution in [1.82, 2.24) is 0 Å². The third-order valence-corrected chi connectivity index (χ3v) is 2.47. The molecule has 0 aliphatic heterocycles. The Morgan fingerprint density at radius 1 is 1.06 bits per heavy atom. The molecule has 0 saturated heterocycles. The molecular formula is C5H5F6KO3S. The molecule has 0 bridgehead atoms. The van der Waals surface area contributed by atoms with Gasteiger partial charge in [0.15, 0.2) is 10.1 Å². The van der Waals surface area contributed by atoms with E-state index in [4.69, 9.17) is 0 Å². The van der Waals surface area contributed by atoms with Gasteiger partial charge in [-0.15, -0.1) is 0 Å². The fourth-order valence-electron chi connectivity index (χ4n) is 0.592. The summed E-state index contributed by atoms with van der Waals surface area (Å²) >= 11 is 0. The van der Waals surface area contributed by atoms with Gasteiger partial charge in [0, 0.05) is 6.42 Å².